The van der Waals surface area contributed by atoms with Crippen LogP contribution in [0.15, 0.2) is 42.5 Å². The van der Waals surface area contributed by atoms with Crippen LogP contribution in [0.1, 0.15) is 15.9 Å². The molecule has 2 aromatic carbocycles. The van der Waals surface area contributed by atoms with Gasteiger partial charge < -0.3 is 10.1 Å². The number of benzene rings is 2. The van der Waals surface area contributed by atoms with Gasteiger partial charge in [0.1, 0.15) is 17.4 Å². The van der Waals surface area contributed by atoms with Crippen LogP contribution >= 0.6 is 11.6 Å². The van der Waals surface area contributed by atoms with Gasteiger partial charge in [-0.3, -0.25) is 14.9 Å². The summed E-state index contributed by atoms with van der Waals surface area (Å²) in [4.78, 5) is 22.1. The summed E-state index contributed by atoms with van der Waals surface area (Å²) in [6.07, 6.45) is 0. The highest BCUT2D eigenvalue weighted by atomic mass is 35.5. The van der Waals surface area contributed by atoms with Gasteiger partial charge in [-0.2, -0.15) is 0 Å². The molecule has 120 valence electrons. The van der Waals surface area contributed by atoms with E-state index >= 15 is 0 Å². The van der Waals surface area contributed by atoms with Gasteiger partial charge in [0.05, 0.1) is 11.5 Å². The Hall–Kier alpha value is -2.60. The molecule has 0 saturated heterocycles. The molecule has 0 fully saturated rings. The molecule has 0 heterocycles. The second-order valence-corrected chi connectivity index (χ2v) is 5.25. The minimum atomic E-state index is -0.625. The molecule has 1 amide bonds. The van der Waals surface area contributed by atoms with Gasteiger partial charge >= 0.3 is 0 Å². The first kappa shape index (κ1) is 16.8. The number of carbonyl (C=O) groups is 1. The Morgan fingerprint density at radius 2 is 2.09 bits per heavy atom. The van der Waals surface area contributed by atoms with Crippen molar-refractivity contribution in [3.63, 3.8) is 0 Å². The molecule has 23 heavy (non-hydrogen) atoms. The molecule has 0 radical (unpaired) electrons. The predicted molar refractivity (Wildman–Crippen MR) is 87.1 cm³/mol. The molecule has 0 unspecified atom stereocenters. The van der Waals surface area contributed by atoms with Crippen LogP contribution < -0.4 is 10.1 Å². The number of amides is 1. The highest BCUT2D eigenvalue weighted by molar-refractivity contribution is 6.32. The molecule has 7 heteroatoms. The molecule has 0 atom stereocenters. The van der Waals surface area contributed by atoms with E-state index in [2.05, 4.69) is 5.32 Å². The highest BCUT2D eigenvalue weighted by Crippen LogP contribution is 2.24. The molecule has 0 aliphatic heterocycles. The van der Waals surface area contributed by atoms with E-state index in [1.165, 1.54) is 12.1 Å². The number of hydrogen-bond acceptors (Lipinski definition) is 4. The maximum absolute atomic E-state index is 12.0. The first-order valence-electron chi connectivity index (χ1n) is 6.89. The van der Waals surface area contributed by atoms with E-state index in [0.29, 0.717) is 6.61 Å². The summed E-state index contributed by atoms with van der Waals surface area (Å²) in [6.45, 7) is 2.54. The lowest BCUT2D eigenvalue weighted by atomic mass is 10.2. The maximum Gasteiger partial charge on any atom is 0.288 e. The van der Waals surface area contributed by atoms with Crippen LogP contribution in [-0.2, 0) is 0 Å². The second kappa shape index (κ2) is 7.60. The Bertz CT molecular complexity index is 734. The lowest BCUT2D eigenvalue weighted by Crippen LogP contribution is -2.28. The fraction of sp³-hybridized carbons (Fsp3) is 0.188. The quantitative estimate of drug-likeness (QED) is 0.499. The van der Waals surface area contributed by atoms with E-state index < -0.39 is 10.8 Å². The number of rotatable bonds is 6. The van der Waals surface area contributed by atoms with Crippen molar-refractivity contribution in [2.24, 2.45) is 0 Å². The number of nitrogens with one attached hydrogen (secondary N) is 1. The van der Waals surface area contributed by atoms with Crippen LogP contribution in [0.4, 0.5) is 5.69 Å². The molecule has 6 nitrogen and oxygen atoms in total. The Labute approximate surface area is 138 Å². The van der Waals surface area contributed by atoms with Crippen molar-refractivity contribution in [3.8, 4) is 5.75 Å². The number of nitro groups is 1. The molecule has 2 rings (SSSR count). The summed E-state index contributed by atoms with van der Waals surface area (Å²) in [5.41, 5.74) is 0.965. The van der Waals surface area contributed by atoms with Gasteiger partial charge in [-0.15, -0.1) is 0 Å². The predicted octanol–water partition coefficient (Wildman–Crippen LogP) is 3.37. The third-order valence-corrected chi connectivity index (χ3v) is 3.37. The van der Waals surface area contributed by atoms with E-state index in [-0.39, 0.29) is 22.8 Å². The van der Waals surface area contributed by atoms with Crippen LogP contribution in [0.2, 0.25) is 5.02 Å². The molecular formula is C16H15ClN2O4. The summed E-state index contributed by atoms with van der Waals surface area (Å²) in [5.74, 6) is 0.305. The third kappa shape index (κ3) is 4.69. The zero-order valence-electron chi connectivity index (χ0n) is 12.4. The van der Waals surface area contributed by atoms with E-state index in [0.717, 1.165) is 17.4 Å². The van der Waals surface area contributed by atoms with Crippen molar-refractivity contribution in [2.75, 3.05) is 13.2 Å². The number of hydrogen-bond donors (Lipinski definition) is 1. The average Bonchev–Trinajstić information content (AvgIpc) is 2.51. The summed E-state index contributed by atoms with van der Waals surface area (Å²) < 4.78 is 5.51. The number of ether oxygens (including phenoxy) is 1. The fourth-order valence-electron chi connectivity index (χ4n) is 1.93. The summed E-state index contributed by atoms with van der Waals surface area (Å²) in [7, 11) is 0. The van der Waals surface area contributed by atoms with Gasteiger partial charge in [0.2, 0.25) is 0 Å². The van der Waals surface area contributed by atoms with Crippen molar-refractivity contribution in [3.05, 3.63) is 68.7 Å². The summed E-state index contributed by atoms with van der Waals surface area (Å²) >= 11 is 5.71. The van der Waals surface area contributed by atoms with Gasteiger partial charge in [-0.1, -0.05) is 23.7 Å². The van der Waals surface area contributed by atoms with E-state index in [9.17, 15) is 14.9 Å². The summed E-state index contributed by atoms with van der Waals surface area (Å²) in [6, 6.07) is 11.5. The van der Waals surface area contributed by atoms with E-state index in [1.54, 1.807) is 0 Å². The van der Waals surface area contributed by atoms with E-state index in [1.807, 2.05) is 31.2 Å². The normalized spacial score (nSPS) is 10.2. The molecule has 0 aliphatic carbocycles. The first-order chi connectivity index (χ1) is 11.0. The molecular weight excluding hydrogens is 320 g/mol. The Kier molecular flexibility index (Phi) is 5.54. The van der Waals surface area contributed by atoms with Crippen molar-refractivity contribution in [1.29, 1.82) is 0 Å². The van der Waals surface area contributed by atoms with Gasteiger partial charge in [0, 0.05) is 11.6 Å². The zero-order valence-corrected chi connectivity index (χ0v) is 13.2. The number of carbonyl (C=O) groups excluding carboxylic acids is 1. The third-order valence-electron chi connectivity index (χ3n) is 3.05. The smallest absolute Gasteiger partial charge is 0.288 e. The standard InChI is InChI=1S/C16H15ClN2O4/c1-11-3-2-4-13(9-11)23-8-7-18-16(20)12-5-6-14(17)15(10-12)19(21)22/h2-6,9-10H,7-8H2,1H3,(H,18,20). The Morgan fingerprint density at radius 3 is 2.78 bits per heavy atom. The van der Waals surface area contributed by atoms with Crippen LogP contribution in [0.5, 0.6) is 5.75 Å². The minimum absolute atomic E-state index is 0.00525. The Morgan fingerprint density at radius 1 is 1.30 bits per heavy atom. The van der Waals surface area contributed by atoms with Crippen LogP contribution in [0.3, 0.4) is 0 Å². The molecule has 0 spiro atoms. The summed E-state index contributed by atoms with van der Waals surface area (Å²) in [5, 5.41) is 13.4. The van der Waals surface area contributed by atoms with Crippen LogP contribution in [-0.4, -0.2) is 24.0 Å². The molecule has 0 aromatic heterocycles. The van der Waals surface area contributed by atoms with Crippen molar-refractivity contribution in [2.45, 2.75) is 6.92 Å². The number of aryl methyl sites for hydroxylation is 1. The van der Waals surface area contributed by atoms with Gasteiger partial charge in [-0.25, -0.2) is 0 Å². The SMILES string of the molecule is Cc1cccc(OCCNC(=O)c2ccc(Cl)c([N+](=O)[O-])c2)c1. The molecule has 0 saturated carbocycles. The van der Waals surface area contributed by atoms with Crippen molar-refractivity contribution >= 4 is 23.2 Å². The van der Waals surface area contributed by atoms with Gasteiger partial charge in [0.15, 0.2) is 0 Å². The second-order valence-electron chi connectivity index (χ2n) is 4.84. The lowest BCUT2D eigenvalue weighted by Gasteiger charge is -2.08. The molecule has 1 N–H and O–H groups in total. The maximum atomic E-state index is 12.0. The molecule has 0 bridgehead atoms. The van der Waals surface area contributed by atoms with Gasteiger partial charge in [-0.05, 0) is 36.8 Å². The van der Waals surface area contributed by atoms with Crippen molar-refractivity contribution in [1.82, 2.24) is 5.32 Å². The number of nitro benzene ring substituents is 1. The number of nitrogens with zero attached hydrogens (tertiary/aromatic N) is 1. The van der Waals surface area contributed by atoms with Crippen LogP contribution in [0.25, 0.3) is 0 Å². The minimum Gasteiger partial charge on any atom is -0.492 e. The van der Waals surface area contributed by atoms with Crippen molar-refractivity contribution < 1.29 is 14.5 Å². The fourth-order valence-corrected chi connectivity index (χ4v) is 2.12. The molecule has 0 aliphatic rings. The first-order valence-corrected chi connectivity index (χ1v) is 7.27. The van der Waals surface area contributed by atoms with Crippen LogP contribution in [0, 0.1) is 17.0 Å². The average molecular weight is 335 g/mol. The monoisotopic (exact) mass is 334 g/mol. The Balaban J connectivity index is 1.88. The topological polar surface area (TPSA) is 81.5 Å². The lowest BCUT2D eigenvalue weighted by molar-refractivity contribution is -0.384. The molecule has 2 aromatic rings. The van der Waals surface area contributed by atoms with Gasteiger partial charge in [0.25, 0.3) is 11.6 Å². The zero-order chi connectivity index (χ0) is 16.8. The van der Waals surface area contributed by atoms with E-state index in [4.69, 9.17) is 16.3 Å². The largest absolute Gasteiger partial charge is 0.492 e. The number of halogens is 1. The highest BCUT2D eigenvalue weighted by Gasteiger charge is 2.15.